The molecule has 1 aliphatic carbocycles. The third-order valence-electron chi connectivity index (χ3n) is 3.84. The van der Waals surface area contributed by atoms with Crippen LogP contribution in [0.4, 0.5) is 13.2 Å². The Morgan fingerprint density at radius 3 is 2.40 bits per heavy atom. The molecule has 0 radical (unpaired) electrons. The van der Waals surface area contributed by atoms with Crippen molar-refractivity contribution >= 4 is 0 Å². The van der Waals surface area contributed by atoms with E-state index < -0.39 is 12.0 Å². The quantitative estimate of drug-likeness (QED) is 0.899. The number of benzene rings is 1. The van der Waals surface area contributed by atoms with Crippen molar-refractivity contribution in [2.75, 3.05) is 7.05 Å². The molecule has 0 heterocycles. The predicted octanol–water partition coefficient (Wildman–Crippen LogP) is 2.93. The maximum Gasteiger partial charge on any atom is 0.573 e. The minimum absolute atomic E-state index is 0.215. The molecule has 1 saturated carbocycles. The van der Waals surface area contributed by atoms with Gasteiger partial charge in [-0.05, 0) is 38.8 Å². The third kappa shape index (κ3) is 3.43. The first-order chi connectivity index (χ1) is 9.34. The molecule has 0 unspecified atom stereocenters. The molecule has 112 valence electrons. The molecule has 20 heavy (non-hydrogen) atoms. The maximum atomic E-state index is 12.4. The zero-order valence-corrected chi connectivity index (χ0v) is 11.2. The van der Waals surface area contributed by atoms with Crippen molar-refractivity contribution in [2.45, 2.75) is 43.7 Å². The van der Waals surface area contributed by atoms with Crippen LogP contribution in [-0.4, -0.2) is 24.6 Å². The van der Waals surface area contributed by atoms with Gasteiger partial charge in [-0.1, -0.05) is 18.2 Å². The van der Waals surface area contributed by atoms with Crippen molar-refractivity contribution in [1.82, 2.24) is 5.32 Å². The fourth-order valence-electron chi connectivity index (χ4n) is 2.72. The summed E-state index contributed by atoms with van der Waals surface area (Å²) in [6, 6.07) is 6.12. The Morgan fingerprint density at radius 1 is 1.25 bits per heavy atom. The molecule has 2 rings (SSSR count). The van der Waals surface area contributed by atoms with Crippen molar-refractivity contribution in [3.8, 4) is 5.75 Å². The van der Waals surface area contributed by atoms with E-state index in [1.54, 1.807) is 6.07 Å². The number of hydrogen-bond donors (Lipinski definition) is 2. The first-order valence-corrected chi connectivity index (χ1v) is 6.59. The topological polar surface area (TPSA) is 41.5 Å². The fraction of sp³-hybridized carbons (Fsp3) is 0.571. The van der Waals surface area contributed by atoms with Crippen LogP contribution in [0.15, 0.2) is 24.3 Å². The van der Waals surface area contributed by atoms with Crippen molar-refractivity contribution in [2.24, 2.45) is 0 Å². The van der Waals surface area contributed by atoms with Crippen LogP contribution < -0.4 is 10.1 Å². The monoisotopic (exact) mass is 289 g/mol. The molecular weight excluding hydrogens is 271 g/mol. The van der Waals surface area contributed by atoms with Gasteiger partial charge in [0.1, 0.15) is 5.75 Å². The van der Waals surface area contributed by atoms with Crippen LogP contribution in [-0.2, 0) is 5.60 Å². The highest BCUT2D eigenvalue weighted by atomic mass is 19.4. The smallest absolute Gasteiger partial charge is 0.405 e. The Balaban J connectivity index is 2.24. The summed E-state index contributed by atoms with van der Waals surface area (Å²) in [5.74, 6) is -0.314. The second-order valence-corrected chi connectivity index (χ2v) is 5.14. The molecule has 0 saturated heterocycles. The van der Waals surface area contributed by atoms with Gasteiger partial charge >= 0.3 is 6.36 Å². The Morgan fingerprint density at radius 2 is 1.85 bits per heavy atom. The SMILES string of the molecule is CNC1CCC(O)(c2ccccc2OC(F)(F)F)CC1. The normalized spacial score (nSPS) is 27.4. The summed E-state index contributed by atoms with van der Waals surface area (Å²) in [5, 5.41) is 13.8. The first kappa shape index (κ1) is 15.1. The summed E-state index contributed by atoms with van der Waals surface area (Å²) >= 11 is 0. The van der Waals surface area contributed by atoms with E-state index in [1.165, 1.54) is 18.2 Å². The number of alkyl halides is 3. The van der Waals surface area contributed by atoms with E-state index in [4.69, 9.17) is 0 Å². The van der Waals surface area contributed by atoms with Crippen LogP contribution in [0, 0.1) is 0 Å². The molecule has 1 fully saturated rings. The van der Waals surface area contributed by atoms with Gasteiger partial charge in [0, 0.05) is 11.6 Å². The van der Waals surface area contributed by atoms with Crippen LogP contribution in [0.1, 0.15) is 31.2 Å². The lowest BCUT2D eigenvalue weighted by atomic mass is 9.77. The number of ether oxygens (including phenoxy) is 1. The number of rotatable bonds is 3. The van der Waals surface area contributed by atoms with E-state index in [0.717, 1.165) is 0 Å². The van der Waals surface area contributed by atoms with Gasteiger partial charge in [-0.2, -0.15) is 0 Å². The minimum atomic E-state index is -4.76. The number of para-hydroxylation sites is 1. The molecule has 1 aromatic carbocycles. The summed E-state index contributed by atoms with van der Waals surface area (Å²) in [5.41, 5.74) is -1.04. The average Bonchev–Trinajstić information content (AvgIpc) is 2.38. The Kier molecular flexibility index (Phi) is 4.25. The first-order valence-electron chi connectivity index (χ1n) is 6.59. The van der Waals surface area contributed by atoms with Crippen LogP contribution in [0.5, 0.6) is 5.75 Å². The molecule has 6 heteroatoms. The third-order valence-corrected chi connectivity index (χ3v) is 3.84. The Labute approximate surface area is 115 Å². The predicted molar refractivity (Wildman–Crippen MR) is 68.3 cm³/mol. The highest BCUT2D eigenvalue weighted by Crippen LogP contribution is 2.42. The minimum Gasteiger partial charge on any atom is -0.405 e. The van der Waals surface area contributed by atoms with E-state index >= 15 is 0 Å². The lowest BCUT2D eigenvalue weighted by Crippen LogP contribution is -2.38. The number of halogens is 3. The highest BCUT2D eigenvalue weighted by Gasteiger charge is 2.39. The van der Waals surface area contributed by atoms with Gasteiger partial charge in [-0.3, -0.25) is 0 Å². The molecule has 0 aliphatic heterocycles. The number of hydrogen-bond acceptors (Lipinski definition) is 3. The van der Waals surface area contributed by atoms with E-state index in [-0.39, 0.29) is 11.3 Å². The molecule has 2 N–H and O–H groups in total. The van der Waals surface area contributed by atoms with Crippen molar-refractivity contribution in [1.29, 1.82) is 0 Å². The van der Waals surface area contributed by atoms with Crippen LogP contribution in [0.25, 0.3) is 0 Å². The van der Waals surface area contributed by atoms with E-state index in [0.29, 0.717) is 31.7 Å². The zero-order chi connectivity index (χ0) is 14.8. The second kappa shape index (κ2) is 5.61. The summed E-state index contributed by atoms with van der Waals surface area (Å²) in [6.07, 6.45) is -2.50. The van der Waals surface area contributed by atoms with Gasteiger partial charge in [0.05, 0.1) is 5.60 Å². The fourth-order valence-corrected chi connectivity index (χ4v) is 2.72. The van der Waals surface area contributed by atoms with E-state index in [9.17, 15) is 18.3 Å². The van der Waals surface area contributed by atoms with Crippen molar-refractivity contribution < 1.29 is 23.0 Å². The summed E-state index contributed by atoms with van der Waals surface area (Å²) < 4.78 is 41.3. The summed E-state index contributed by atoms with van der Waals surface area (Å²) in [6.45, 7) is 0. The van der Waals surface area contributed by atoms with Gasteiger partial charge in [-0.15, -0.1) is 13.2 Å². The van der Waals surface area contributed by atoms with Crippen LogP contribution in [0.2, 0.25) is 0 Å². The van der Waals surface area contributed by atoms with Crippen LogP contribution in [0.3, 0.4) is 0 Å². The van der Waals surface area contributed by atoms with Gasteiger partial charge in [0.15, 0.2) is 0 Å². The van der Waals surface area contributed by atoms with E-state index in [2.05, 4.69) is 10.1 Å². The maximum absolute atomic E-state index is 12.4. The van der Waals surface area contributed by atoms with Gasteiger partial charge < -0.3 is 15.2 Å². The van der Waals surface area contributed by atoms with Gasteiger partial charge in [0.25, 0.3) is 0 Å². The largest absolute Gasteiger partial charge is 0.573 e. The molecule has 0 amide bonds. The lowest BCUT2D eigenvalue weighted by Gasteiger charge is -2.37. The van der Waals surface area contributed by atoms with Gasteiger partial charge in [0.2, 0.25) is 0 Å². The molecule has 1 aromatic rings. The van der Waals surface area contributed by atoms with Crippen molar-refractivity contribution in [3.05, 3.63) is 29.8 Å². The summed E-state index contributed by atoms with van der Waals surface area (Å²) in [7, 11) is 1.84. The molecule has 0 bridgehead atoms. The second-order valence-electron chi connectivity index (χ2n) is 5.14. The average molecular weight is 289 g/mol. The summed E-state index contributed by atoms with van der Waals surface area (Å²) in [4.78, 5) is 0. The standard InChI is InChI=1S/C14H18F3NO2/c1-18-10-6-8-13(19,9-7-10)11-4-2-3-5-12(11)20-14(15,16)17/h2-5,10,18-19H,6-9H2,1H3. The molecule has 0 spiro atoms. The molecule has 3 nitrogen and oxygen atoms in total. The molecule has 0 aromatic heterocycles. The van der Waals surface area contributed by atoms with Crippen molar-refractivity contribution in [3.63, 3.8) is 0 Å². The van der Waals surface area contributed by atoms with Crippen LogP contribution >= 0.6 is 0 Å². The number of aliphatic hydroxyl groups is 1. The van der Waals surface area contributed by atoms with E-state index in [1.807, 2.05) is 7.05 Å². The Bertz CT molecular complexity index is 454. The molecule has 1 aliphatic rings. The van der Waals surface area contributed by atoms with Gasteiger partial charge in [-0.25, -0.2) is 0 Å². The molecular formula is C14H18F3NO2. The molecule has 0 atom stereocenters. The zero-order valence-electron chi connectivity index (χ0n) is 11.2. The lowest BCUT2D eigenvalue weighted by molar-refractivity contribution is -0.275. The Hall–Kier alpha value is -1.27. The highest BCUT2D eigenvalue weighted by molar-refractivity contribution is 5.38. The number of nitrogens with one attached hydrogen (secondary N) is 1.